The van der Waals surface area contributed by atoms with E-state index in [1.165, 1.54) is 11.1 Å². The molecule has 4 heteroatoms. The minimum atomic E-state index is 0.330. The molecule has 0 spiro atoms. The SMILES string of the molecule is CCCNC(Cc1ccc(Br)cc1)c1cnn(CCC)c1. The van der Waals surface area contributed by atoms with E-state index in [4.69, 9.17) is 0 Å². The van der Waals surface area contributed by atoms with Crippen LogP contribution in [0.1, 0.15) is 43.9 Å². The van der Waals surface area contributed by atoms with E-state index in [9.17, 15) is 0 Å². The van der Waals surface area contributed by atoms with E-state index in [1.54, 1.807) is 0 Å². The second kappa shape index (κ2) is 8.35. The molecule has 0 fully saturated rings. The number of hydrogen-bond acceptors (Lipinski definition) is 2. The second-order valence-corrected chi connectivity index (χ2v) is 6.29. The lowest BCUT2D eigenvalue weighted by Gasteiger charge is -2.17. The van der Waals surface area contributed by atoms with Gasteiger partial charge in [-0.15, -0.1) is 0 Å². The highest BCUT2D eigenvalue weighted by molar-refractivity contribution is 9.10. The van der Waals surface area contributed by atoms with Crippen LogP contribution in [0.3, 0.4) is 0 Å². The Hall–Kier alpha value is -1.13. The van der Waals surface area contributed by atoms with Gasteiger partial charge in [-0.1, -0.05) is 41.9 Å². The molecule has 1 unspecified atom stereocenters. The van der Waals surface area contributed by atoms with Crippen LogP contribution in [-0.4, -0.2) is 16.3 Å². The minimum absolute atomic E-state index is 0.330. The average molecular weight is 350 g/mol. The highest BCUT2D eigenvalue weighted by Crippen LogP contribution is 2.20. The van der Waals surface area contributed by atoms with E-state index in [0.717, 1.165) is 36.8 Å². The molecule has 1 heterocycles. The Morgan fingerprint density at radius 3 is 2.62 bits per heavy atom. The fourth-order valence-corrected chi connectivity index (χ4v) is 2.66. The van der Waals surface area contributed by atoms with Gasteiger partial charge in [0.15, 0.2) is 0 Å². The molecule has 21 heavy (non-hydrogen) atoms. The van der Waals surface area contributed by atoms with Gasteiger partial charge < -0.3 is 5.32 Å². The first-order chi connectivity index (χ1) is 10.2. The minimum Gasteiger partial charge on any atom is -0.310 e. The van der Waals surface area contributed by atoms with Crippen LogP contribution >= 0.6 is 15.9 Å². The Morgan fingerprint density at radius 2 is 1.95 bits per heavy atom. The number of hydrogen-bond donors (Lipinski definition) is 1. The molecule has 0 saturated carbocycles. The molecule has 1 atom stereocenters. The van der Waals surface area contributed by atoms with Crippen LogP contribution in [0.25, 0.3) is 0 Å². The van der Waals surface area contributed by atoms with Crippen LogP contribution in [0, 0.1) is 0 Å². The first-order valence-corrected chi connectivity index (χ1v) is 8.52. The van der Waals surface area contributed by atoms with E-state index in [0.29, 0.717) is 6.04 Å². The van der Waals surface area contributed by atoms with Gasteiger partial charge in [0.05, 0.1) is 6.20 Å². The number of nitrogens with one attached hydrogen (secondary N) is 1. The largest absolute Gasteiger partial charge is 0.310 e. The van der Waals surface area contributed by atoms with Crippen molar-refractivity contribution in [2.45, 2.75) is 45.7 Å². The molecular formula is C17H24BrN3. The van der Waals surface area contributed by atoms with Gasteiger partial charge in [0, 0.05) is 28.8 Å². The first kappa shape index (κ1) is 16.2. The van der Waals surface area contributed by atoms with E-state index in [-0.39, 0.29) is 0 Å². The summed E-state index contributed by atoms with van der Waals surface area (Å²) in [5.74, 6) is 0. The first-order valence-electron chi connectivity index (χ1n) is 7.73. The van der Waals surface area contributed by atoms with Crippen LogP contribution in [-0.2, 0) is 13.0 Å². The van der Waals surface area contributed by atoms with Crippen LogP contribution in [0.2, 0.25) is 0 Å². The number of aromatic nitrogens is 2. The Morgan fingerprint density at radius 1 is 1.19 bits per heavy atom. The smallest absolute Gasteiger partial charge is 0.0537 e. The number of aryl methyl sites for hydroxylation is 1. The van der Waals surface area contributed by atoms with Crippen molar-refractivity contribution in [1.82, 2.24) is 15.1 Å². The normalized spacial score (nSPS) is 12.5. The van der Waals surface area contributed by atoms with Crippen molar-refractivity contribution < 1.29 is 0 Å². The van der Waals surface area contributed by atoms with E-state index in [1.807, 2.05) is 10.9 Å². The molecule has 2 rings (SSSR count). The standard InChI is InChI=1S/C17H24BrN3/c1-3-9-19-17(11-14-5-7-16(18)8-6-14)15-12-20-21(13-15)10-4-2/h5-8,12-13,17,19H,3-4,9-11H2,1-2H3. The summed E-state index contributed by atoms with van der Waals surface area (Å²) in [5.41, 5.74) is 2.62. The van der Waals surface area contributed by atoms with Crippen LogP contribution in [0.4, 0.5) is 0 Å². The predicted molar refractivity (Wildman–Crippen MR) is 91.4 cm³/mol. The number of rotatable bonds is 8. The molecule has 114 valence electrons. The van der Waals surface area contributed by atoms with Gasteiger partial charge >= 0.3 is 0 Å². The third kappa shape index (κ3) is 4.97. The van der Waals surface area contributed by atoms with Crippen molar-refractivity contribution in [3.05, 3.63) is 52.3 Å². The van der Waals surface area contributed by atoms with Crippen molar-refractivity contribution >= 4 is 15.9 Å². The molecule has 0 saturated heterocycles. The summed E-state index contributed by atoms with van der Waals surface area (Å²) in [7, 11) is 0. The van der Waals surface area contributed by atoms with Gasteiger partial charge in [-0.2, -0.15) is 5.10 Å². The molecule has 0 aliphatic carbocycles. The van der Waals surface area contributed by atoms with Gasteiger partial charge in [-0.25, -0.2) is 0 Å². The zero-order valence-electron chi connectivity index (χ0n) is 12.8. The lowest BCUT2D eigenvalue weighted by atomic mass is 10.0. The summed E-state index contributed by atoms with van der Waals surface area (Å²) >= 11 is 3.49. The summed E-state index contributed by atoms with van der Waals surface area (Å²) in [4.78, 5) is 0. The van der Waals surface area contributed by atoms with Gasteiger partial charge in [0.1, 0.15) is 0 Å². The van der Waals surface area contributed by atoms with Crippen LogP contribution < -0.4 is 5.32 Å². The Kier molecular flexibility index (Phi) is 6.46. The zero-order chi connectivity index (χ0) is 15.1. The molecule has 3 nitrogen and oxygen atoms in total. The monoisotopic (exact) mass is 349 g/mol. The van der Waals surface area contributed by atoms with E-state index in [2.05, 4.69) is 70.7 Å². The fraction of sp³-hybridized carbons (Fsp3) is 0.471. The lowest BCUT2D eigenvalue weighted by molar-refractivity contribution is 0.527. The summed E-state index contributed by atoms with van der Waals surface area (Å²) in [6.45, 7) is 6.39. The zero-order valence-corrected chi connectivity index (χ0v) is 14.4. The maximum atomic E-state index is 4.46. The summed E-state index contributed by atoms with van der Waals surface area (Å²) in [6, 6.07) is 8.90. The fourth-order valence-electron chi connectivity index (χ4n) is 2.39. The second-order valence-electron chi connectivity index (χ2n) is 5.37. The number of benzene rings is 1. The van der Waals surface area contributed by atoms with Crippen molar-refractivity contribution in [3.63, 3.8) is 0 Å². The van der Waals surface area contributed by atoms with Crippen molar-refractivity contribution in [1.29, 1.82) is 0 Å². The third-order valence-corrected chi connectivity index (χ3v) is 4.03. The van der Waals surface area contributed by atoms with E-state index >= 15 is 0 Å². The topological polar surface area (TPSA) is 29.9 Å². The van der Waals surface area contributed by atoms with Gasteiger partial charge in [0.2, 0.25) is 0 Å². The molecule has 1 aromatic heterocycles. The maximum Gasteiger partial charge on any atom is 0.0537 e. The third-order valence-electron chi connectivity index (χ3n) is 3.50. The van der Waals surface area contributed by atoms with Crippen molar-refractivity contribution in [2.75, 3.05) is 6.54 Å². The molecule has 0 bridgehead atoms. The molecule has 2 aromatic rings. The summed E-state index contributed by atoms with van der Waals surface area (Å²) in [5, 5.41) is 8.10. The van der Waals surface area contributed by atoms with Gasteiger partial charge in [-0.3, -0.25) is 4.68 Å². The van der Waals surface area contributed by atoms with E-state index < -0.39 is 0 Å². The molecule has 0 radical (unpaired) electrons. The molecule has 0 aliphatic heterocycles. The quantitative estimate of drug-likeness (QED) is 0.768. The lowest BCUT2D eigenvalue weighted by Crippen LogP contribution is -2.23. The predicted octanol–water partition coefficient (Wildman–Crippen LogP) is 4.34. The molecule has 1 aromatic carbocycles. The van der Waals surface area contributed by atoms with Gasteiger partial charge in [0.25, 0.3) is 0 Å². The summed E-state index contributed by atoms with van der Waals surface area (Å²) in [6.07, 6.45) is 7.42. The molecular weight excluding hydrogens is 326 g/mol. The Bertz CT molecular complexity index is 533. The maximum absolute atomic E-state index is 4.46. The number of nitrogens with zero attached hydrogens (tertiary/aromatic N) is 2. The van der Waals surface area contributed by atoms with Crippen molar-refractivity contribution in [2.24, 2.45) is 0 Å². The Labute approximate surface area is 135 Å². The van der Waals surface area contributed by atoms with Crippen LogP contribution in [0.5, 0.6) is 0 Å². The average Bonchev–Trinajstić information content (AvgIpc) is 2.94. The van der Waals surface area contributed by atoms with Crippen molar-refractivity contribution in [3.8, 4) is 0 Å². The molecule has 0 aliphatic rings. The highest BCUT2D eigenvalue weighted by atomic mass is 79.9. The highest BCUT2D eigenvalue weighted by Gasteiger charge is 2.13. The molecule has 0 amide bonds. The summed E-state index contributed by atoms with van der Waals surface area (Å²) < 4.78 is 3.16. The number of halogens is 1. The van der Waals surface area contributed by atoms with Crippen LogP contribution in [0.15, 0.2) is 41.1 Å². The Balaban J connectivity index is 2.10. The molecule has 1 N–H and O–H groups in total. The van der Waals surface area contributed by atoms with Gasteiger partial charge in [-0.05, 0) is 43.5 Å².